The number of phosphoric acid groups is 3. The molecule has 2 heterocycles. The van der Waals surface area contributed by atoms with Crippen LogP contribution in [-0.2, 0) is 41.2 Å². The largest absolute Gasteiger partial charge is 0.490 e. The number of carbonyl (C=O) groups is 2. The number of amides is 2. The van der Waals surface area contributed by atoms with E-state index in [-0.39, 0.29) is 0 Å². The first-order valence-electron chi connectivity index (χ1n) is 6.84. The van der Waals surface area contributed by atoms with Gasteiger partial charge in [0.1, 0.15) is 18.3 Å². The molecule has 18 heteroatoms. The first kappa shape index (κ1) is 22.5. The van der Waals surface area contributed by atoms with E-state index >= 15 is 0 Å². The zero-order chi connectivity index (χ0) is 20.6. The van der Waals surface area contributed by atoms with Crippen LogP contribution in [0.25, 0.3) is 0 Å². The zero-order valence-corrected chi connectivity index (χ0v) is 15.6. The van der Waals surface area contributed by atoms with E-state index < -0.39 is 66.1 Å². The number of imide groups is 1. The van der Waals surface area contributed by atoms with Crippen molar-refractivity contribution in [3.05, 3.63) is 12.2 Å². The second-order valence-electron chi connectivity index (χ2n) is 5.26. The Morgan fingerprint density at radius 1 is 1.07 bits per heavy atom. The van der Waals surface area contributed by atoms with E-state index in [2.05, 4.69) is 13.1 Å². The molecule has 4 unspecified atom stereocenters. The molecule has 154 valence electrons. The smallest absolute Gasteiger partial charge is 0.388 e. The van der Waals surface area contributed by atoms with Crippen molar-refractivity contribution in [3.63, 3.8) is 0 Å². The van der Waals surface area contributed by atoms with E-state index in [4.69, 9.17) is 19.4 Å². The van der Waals surface area contributed by atoms with Gasteiger partial charge in [0.25, 0.3) is 0 Å². The second-order valence-corrected chi connectivity index (χ2v) is 9.63. The van der Waals surface area contributed by atoms with Crippen molar-refractivity contribution in [1.82, 2.24) is 5.32 Å². The van der Waals surface area contributed by atoms with Crippen LogP contribution in [0.2, 0.25) is 0 Å². The molecule has 0 aromatic rings. The van der Waals surface area contributed by atoms with Crippen LogP contribution in [-0.4, -0.2) is 61.4 Å². The lowest BCUT2D eigenvalue weighted by atomic mass is 9.94. The SMILES string of the molecule is O=C1C=CC([C@@H]2OC[C@H](OP(=O)(O)OP(=O)(O)OP(=O)(O)O)C2O)C(=O)N1. The standard InChI is InChI=1S/C9H14NO14P3/c11-6-2-1-4(9(13)10-6)8-7(12)5(3-21-8)22-26(17,18)24-27(19,20)23-25(14,15)16/h1-2,4-5,7-8,12H,3H2,(H,17,18)(H,19,20)(H,10,11,13)(H2,14,15,16)/t4?,5-,7?,8-/m0/s1. The van der Waals surface area contributed by atoms with Gasteiger partial charge in [0.05, 0.1) is 12.5 Å². The number of rotatable bonds is 7. The monoisotopic (exact) mass is 453 g/mol. The van der Waals surface area contributed by atoms with Gasteiger partial charge >= 0.3 is 23.5 Å². The highest BCUT2D eigenvalue weighted by atomic mass is 31.3. The van der Waals surface area contributed by atoms with Crippen molar-refractivity contribution >= 4 is 35.3 Å². The minimum absolute atomic E-state index is 0.555. The Morgan fingerprint density at radius 3 is 2.26 bits per heavy atom. The second kappa shape index (κ2) is 7.91. The molecule has 27 heavy (non-hydrogen) atoms. The van der Waals surface area contributed by atoms with Crippen LogP contribution in [0.5, 0.6) is 0 Å². The highest BCUT2D eigenvalue weighted by Crippen LogP contribution is 2.66. The average Bonchev–Trinajstić information content (AvgIpc) is 2.75. The number of phosphoric ester groups is 1. The van der Waals surface area contributed by atoms with Gasteiger partial charge in [0.15, 0.2) is 0 Å². The number of hydrogen-bond donors (Lipinski definition) is 6. The molecule has 0 spiro atoms. The molecule has 0 bridgehead atoms. The van der Waals surface area contributed by atoms with Crippen molar-refractivity contribution in [3.8, 4) is 0 Å². The van der Waals surface area contributed by atoms with Gasteiger partial charge in [0.2, 0.25) is 11.8 Å². The highest BCUT2D eigenvalue weighted by molar-refractivity contribution is 7.66. The van der Waals surface area contributed by atoms with E-state index in [9.17, 15) is 33.3 Å². The Hall–Kier alpha value is -0.790. The third kappa shape index (κ3) is 6.36. The predicted octanol–water partition coefficient (Wildman–Crippen LogP) is -1.71. The lowest BCUT2D eigenvalue weighted by molar-refractivity contribution is -0.134. The van der Waals surface area contributed by atoms with Gasteiger partial charge in [-0.2, -0.15) is 8.62 Å². The molecular formula is C9H14NO14P3. The first-order valence-corrected chi connectivity index (χ1v) is 11.4. The summed E-state index contributed by atoms with van der Waals surface area (Å²) in [5.41, 5.74) is 0. The molecule has 2 rings (SSSR count). The topological polar surface area (TPSA) is 235 Å². The normalized spacial score (nSPS) is 33.4. The third-order valence-electron chi connectivity index (χ3n) is 3.21. The van der Waals surface area contributed by atoms with Gasteiger partial charge in [-0.1, -0.05) is 6.08 Å². The Bertz CT molecular complexity index is 789. The van der Waals surface area contributed by atoms with Crippen LogP contribution in [0.3, 0.4) is 0 Å². The fourth-order valence-corrected chi connectivity index (χ4v) is 5.46. The fourth-order valence-electron chi connectivity index (χ4n) is 2.28. The zero-order valence-electron chi connectivity index (χ0n) is 12.9. The van der Waals surface area contributed by atoms with Gasteiger partial charge in [0, 0.05) is 6.08 Å². The van der Waals surface area contributed by atoms with Crippen LogP contribution >= 0.6 is 23.5 Å². The van der Waals surface area contributed by atoms with Gasteiger partial charge < -0.3 is 29.4 Å². The van der Waals surface area contributed by atoms with Crippen molar-refractivity contribution in [2.45, 2.75) is 18.3 Å². The van der Waals surface area contributed by atoms with Crippen molar-refractivity contribution in [1.29, 1.82) is 0 Å². The van der Waals surface area contributed by atoms with E-state index in [1.165, 1.54) is 0 Å². The maximum absolute atomic E-state index is 11.7. The number of carbonyl (C=O) groups excluding carboxylic acids is 2. The minimum atomic E-state index is -5.71. The minimum Gasteiger partial charge on any atom is -0.388 e. The molecule has 2 aliphatic heterocycles. The van der Waals surface area contributed by atoms with Crippen LogP contribution in [0.4, 0.5) is 0 Å². The summed E-state index contributed by atoms with van der Waals surface area (Å²) >= 11 is 0. The molecule has 6 N–H and O–H groups in total. The van der Waals surface area contributed by atoms with E-state index in [1.807, 2.05) is 5.32 Å². The van der Waals surface area contributed by atoms with Crippen LogP contribution < -0.4 is 5.32 Å². The van der Waals surface area contributed by atoms with Crippen molar-refractivity contribution in [2.24, 2.45) is 5.92 Å². The maximum atomic E-state index is 11.7. The fraction of sp³-hybridized carbons (Fsp3) is 0.556. The van der Waals surface area contributed by atoms with Crippen LogP contribution in [0.1, 0.15) is 0 Å². The number of ether oxygens (including phenoxy) is 1. The summed E-state index contributed by atoms with van der Waals surface area (Å²) in [6, 6.07) is 0. The molecule has 0 aromatic carbocycles. The maximum Gasteiger partial charge on any atom is 0.490 e. The highest BCUT2D eigenvalue weighted by Gasteiger charge is 2.49. The van der Waals surface area contributed by atoms with Crippen LogP contribution in [0.15, 0.2) is 12.2 Å². The molecule has 1 fully saturated rings. The summed E-state index contributed by atoms with van der Waals surface area (Å²) < 4.78 is 50.2. The van der Waals surface area contributed by atoms with Gasteiger partial charge in [-0.3, -0.25) is 19.4 Å². The number of nitrogens with one attached hydrogen (secondary N) is 1. The number of hydrogen-bond acceptors (Lipinski definition) is 10. The lowest BCUT2D eigenvalue weighted by Gasteiger charge is -2.25. The Balaban J connectivity index is 2.03. The Labute approximate surface area is 150 Å². The third-order valence-corrected chi connectivity index (χ3v) is 7.08. The quantitative estimate of drug-likeness (QED) is 0.186. The summed E-state index contributed by atoms with van der Waals surface area (Å²) in [6.45, 7) is -0.555. The summed E-state index contributed by atoms with van der Waals surface area (Å²) in [4.78, 5) is 58.2. The molecular weight excluding hydrogens is 439 g/mol. The molecule has 0 saturated carbocycles. The van der Waals surface area contributed by atoms with Crippen molar-refractivity contribution in [2.75, 3.05) is 6.61 Å². The molecule has 15 nitrogen and oxygen atoms in total. The molecule has 0 aromatic heterocycles. The van der Waals surface area contributed by atoms with E-state index in [0.29, 0.717) is 0 Å². The average molecular weight is 453 g/mol. The Morgan fingerprint density at radius 2 is 1.70 bits per heavy atom. The van der Waals surface area contributed by atoms with Gasteiger partial charge in [-0.25, -0.2) is 13.7 Å². The summed E-state index contributed by atoms with van der Waals surface area (Å²) in [5, 5.41) is 12.1. The first-order chi connectivity index (χ1) is 12.2. The molecule has 0 aliphatic carbocycles. The number of aliphatic hydroxyl groups excluding tert-OH is 1. The van der Waals surface area contributed by atoms with Crippen molar-refractivity contribution < 1.29 is 65.8 Å². The summed E-state index contributed by atoms with van der Waals surface area (Å²) in [7, 11) is -16.7. The van der Waals surface area contributed by atoms with Gasteiger partial charge in [-0.15, -0.1) is 0 Å². The van der Waals surface area contributed by atoms with Gasteiger partial charge in [-0.05, 0) is 0 Å². The van der Waals surface area contributed by atoms with Crippen LogP contribution in [0, 0.1) is 5.92 Å². The molecule has 1 saturated heterocycles. The Kier molecular flexibility index (Phi) is 6.59. The molecule has 6 atom stereocenters. The molecule has 2 amide bonds. The van der Waals surface area contributed by atoms with E-state index in [0.717, 1.165) is 12.2 Å². The predicted molar refractivity (Wildman–Crippen MR) is 80.3 cm³/mol. The number of aliphatic hydroxyl groups is 1. The molecule has 2 aliphatic rings. The lowest BCUT2D eigenvalue weighted by Crippen LogP contribution is -2.46. The summed E-state index contributed by atoms with van der Waals surface area (Å²) in [5.74, 6) is -2.62. The molecule has 0 radical (unpaired) electrons. The van der Waals surface area contributed by atoms with E-state index in [1.54, 1.807) is 0 Å². The summed E-state index contributed by atoms with van der Waals surface area (Å²) in [6.07, 6.45) is -2.46.